The number of hydrogen-bond acceptors (Lipinski definition) is 4. The van der Waals surface area contributed by atoms with Crippen LogP contribution in [0.25, 0.3) is 0 Å². The van der Waals surface area contributed by atoms with E-state index in [-0.39, 0.29) is 17.2 Å². The number of nitrogens with one attached hydrogen (secondary N) is 1. The molecule has 0 radical (unpaired) electrons. The van der Waals surface area contributed by atoms with Gasteiger partial charge in [-0.3, -0.25) is 4.79 Å². The Morgan fingerprint density at radius 3 is 2.17 bits per heavy atom. The van der Waals surface area contributed by atoms with Crippen LogP contribution in [0, 0.1) is 0 Å². The Morgan fingerprint density at radius 2 is 1.52 bits per heavy atom. The SMILES string of the molecule is CC(SC1=Nc2ccccc2CS1)C(=O)NC(c1ccccc1)c1ccccc1. The van der Waals surface area contributed by atoms with Gasteiger partial charge in [-0.05, 0) is 29.7 Å². The first-order valence-electron chi connectivity index (χ1n) is 9.57. The molecule has 146 valence electrons. The highest BCUT2D eigenvalue weighted by Crippen LogP contribution is 2.36. The Bertz CT molecular complexity index is 966. The molecule has 0 fully saturated rings. The maximum atomic E-state index is 13.0. The Morgan fingerprint density at radius 1 is 0.931 bits per heavy atom. The fourth-order valence-corrected chi connectivity index (χ4v) is 5.38. The Kier molecular flexibility index (Phi) is 6.37. The van der Waals surface area contributed by atoms with Crippen molar-refractivity contribution in [2.75, 3.05) is 0 Å². The lowest BCUT2D eigenvalue weighted by Crippen LogP contribution is -2.35. The lowest BCUT2D eigenvalue weighted by molar-refractivity contribution is -0.120. The highest BCUT2D eigenvalue weighted by atomic mass is 32.2. The summed E-state index contributed by atoms with van der Waals surface area (Å²) < 4.78 is 0.947. The highest BCUT2D eigenvalue weighted by Gasteiger charge is 2.23. The van der Waals surface area contributed by atoms with Crippen LogP contribution in [0.1, 0.15) is 29.7 Å². The summed E-state index contributed by atoms with van der Waals surface area (Å²) in [6.45, 7) is 1.94. The number of aliphatic imine (C=N–C) groups is 1. The van der Waals surface area contributed by atoms with E-state index in [9.17, 15) is 4.79 Å². The van der Waals surface area contributed by atoms with Crippen molar-refractivity contribution in [1.82, 2.24) is 5.32 Å². The summed E-state index contributed by atoms with van der Waals surface area (Å²) in [7, 11) is 0. The summed E-state index contributed by atoms with van der Waals surface area (Å²) in [6, 6.07) is 28.2. The van der Waals surface area contributed by atoms with Crippen molar-refractivity contribution < 1.29 is 4.79 Å². The summed E-state index contributed by atoms with van der Waals surface area (Å²) in [4.78, 5) is 17.7. The molecule has 5 heteroatoms. The van der Waals surface area contributed by atoms with Gasteiger partial charge in [0.25, 0.3) is 0 Å². The molecule has 0 saturated carbocycles. The van der Waals surface area contributed by atoms with Crippen molar-refractivity contribution >= 4 is 39.5 Å². The third kappa shape index (κ3) is 4.92. The minimum atomic E-state index is -0.235. The monoisotopic (exact) mass is 418 g/mol. The van der Waals surface area contributed by atoms with E-state index in [2.05, 4.69) is 11.4 Å². The molecule has 1 N–H and O–H groups in total. The van der Waals surface area contributed by atoms with Gasteiger partial charge >= 0.3 is 0 Å². The van der Waals surface area contributed by atoms with E-state index in [1.165, 1.54) is 17.3 Å². The van der Waals surface area contributed by atoms with Gasteiger partial charge in [0.1, 0.15) is 4.38 Å². The van der Waals surface area contributed by atoms with Crippen LogP contribution in [-0.4, -0.2) is 15.5 Å². The fraction of sp³-hybridized carbons (Fsp3) is 0.167. The second kappa shape index (κ2) is 9.33. The number of para-hydroxylation sites is 1. The minimum absolute atomic E-state index is 0.00913. The number of carbonyl (C=O) groups excluding carboxylic acids is 1. The maximum Gasteiger partial charge on any atom is 0.234 e. The standard InChI is InChI=1S/C24H22N2OS2/c1-17(29-24-25-21-15-9-8-14-20(21)16-28-24)23(27)26-22(18-10-4-2-5-11-18)19-12-6-3-7-13-19/h2-15,17,22H,16H2,1H3,(H,26,27). The van der Waals surface area contributed by atoms with E-state index in [1.54, 1.807) is 11.8 Å². The quantitative estimate of drug-likeness (QED) is 0.557. The molecule has 3 nitrogen and oxygen atoms in total. The third-order valence-electron chi connectivity index (χ3n) is 4.75. The lowest BCUT2D eigenvalue weighted by Gasteiger charge is -2.23. The minimum Gasteiger partial charge on any atom is -0.344 e. The van der Waals surface area contributed by atoms with E-state index in [4.69, 9.17) is 4.99 Å². The van der Waals surface area contributed by atoms with Crippen molar-refractivity contribution in [3.63, 3.8) is 0 Å². The van der Waals surface area contributed by atoms with Crippen molar-refractivity contribution in [2.24, 2.45) is 4.99 Å². The molecule has 1 heterocycles. The molecule has 0 saturated heterocycles. The van der Waals surface area contributed by atoms with E-state index in [0.717, 1.165) is 26.9 Å². The second-order valence-electron chi connectivity index (χ2n) is 6.82. The lowest BCUT2D eigenvalue weighted by atomic mass is 9.98. The molecule has 1 unspecified atom stereocenters. The van der Waals surface area contributed by atoms with Gasteiger partial charge in [0, 0.05) is 5.75 Å². The Labute approximate surface area is 180 Å². The van der Waals surface area contributed by atoms with Crippen molar-refractivity contribution in [3.8, 4) is 0 Å². The van der Waals surface area contributed by atoms with Gasteiger partial charge < -0.3 is 5.32 Å². The average molecular weight is 419 g/mol. The predicted octanol–water partition coefficient (Wildman–Crippen LogP) is 5.95. The van der Waals surface area contributed by atoms with Crippen LogP contribution in [0.4, 0.5) is 5.69 Å². The summed E-state index contributed by atoms with van der Waals surface area (Å²) in [6.07, 6.45) is 0. The highest BCUT2D eigenvalue weighted by molar-refractivity contribution is 8.39. The van der Waals surface area contributed by atoms with Crippen molar-refractivity contribution in [3.05, 3.63) is 102 Å². The molecule has 0 aromatic heterocycles. The van der Waals surface area contributed by atoms with Gasteiger partial charge in [0.05, 0.1) is 17.0 Å². The summed E-state index contributed by atoms with van der Waals surface area (Å²) in [5.74, 6) is 0.905. The van der Waals surface area contributed by atoms with Crippen LogP contribution in [0.3, 0.4) is 0 Å². The molecule has 1 amide bonds. The molecule has 1 aliphatic rings. The van der Waals surface area contributed by atoms with Crippen LogP contribution in [0.15, 0.2) is 89.9 Å². The number of fused-ring (bicyclic) bond motifs is 1. The number of carbonyl (C=O) groups is 1. The van der Waals surface area contributed by atoms with Crippen LogP contribution >= 0.6 is 23.5 Å². The van der Waals surface area contributed by atoms with E-state index in [1.807, 2.05) is 85.8 Å². The van der Waals surface area contributed by atoms with Crippen LogP contribution < -0.4 is 5.32 Å². The zero-order valence-electron chi connectivity index (χ0n) is 16.1. The molecule has 3 aromatic carbocycles. The Hall–Kier alpha value is -2.50. The average Bonchev–Trinajstić information content (AvgIpc) is 2.78. The normalized spacial score (nSPS) is 14.1. The first kappa shape index (κ1) is 19.8. The number of thioether (sulfide) groups is 2. The van der Waals surface area contributed by atoms with Gasteiger partial charge in [-0.1, -0.05) is 102 Å². The summed E-state index contributed by atoms with van der Waals surface area (Å²) in [5.41, 5.74) is 4.39. The van der Waals surface area contributed by atoms with Gasteiger partial charge in [-0.2, -0.15) is 0 Å². The van der Waals surface area contributed by atoms with E-state index in [0.29, 0.717) is 0 Å². The molecule has 0 aliphatic carbocycles. The zero-order chi connectivity index (χ0) is 20.1. The molecular weight excluding hydrogens is 396 g/mol. The molecule has 0 spiro atoms. The fourth-order valence-electron chi connectivity index (χ4n) is 3.19. The molecule has 1 aliphatic heterocycles. The van der Waals surface area contributed by atoms with Gasteiger partial charge in [0.2, 0.25) is 5.91 Å². The number of rotatable bonds is 5. The second-order valence-corrected chi connectivity index (χ2v) is 9.37. The first-order chi connectivity index (χ1) is 14.2. The van der Waals surface area contributed by atoms with Crippen molar-refractivity contribution in [1.29, 1.82) is 0 Å². The van der Waals surface area contributed by atoms with Crippen LogP contribution in [0.5, 0.6) is 0 Å². The molecule has 29 heavy (non-hydrogen) atoms. The maximum absolute atomic E-state index is 13.0. The number of hydrogen-bond donors (Lipinski definition) is 1. The largest absolute Gasteiger partial charge is 0.344 e. The number of amides is 1. The molecule has 3 aromatic rings. The van der Waals surface area contributed by atoms with Gasteiger partial charge in [-0.15, -0.1) is 0 Å². The third-order valence-corrected chi connectivity index (χ3v) is 7.05. The first-order valence-corrected chi connectivity index (χ1v) is 11.4. The van der Waals surface area contributed by atoms with Gasteiger partial charge in [0.15, 0.2) is 0 Å². The van der Waals surface area contributed by atoms with Crippen molar-refractivity contribution in [2.45, 2.75) is 24.0 Å². The van der Waals surface area contributed by atoms with Crippen LogP contribution in [-0.2, 0) is 10.5 Å². The van der Waals surface area contributed by atoms with Gasteiger partial charge in [-0.25, -0.2) is 4.99 Å². The van der Waals surface area contributed by atoms with E-state index >= 15 is 0 Å². The molecule has 4 rings (SSSR count). The van der Waals surface area contributed by atoms with Crippen LogP contribution in [0.2, 0.25) is 0 Å². The summed E-state index contributed by atoms with van der Waals surface area (Å²) in [5, 5.41) is 3.00. The smallest absolute Gasteiger partial charge is 0.234 e. The molecule has 0 bridgehead atoms. The topological polar surface area (TPSA) is 41.5 Å². The zero-order valence-corrected chi connectivity index (χ0v) is 17.7. The molecule has 1 atom stereocenters. The number of benzene rings is 3. The number of nitrogens with zero attached hydrogens (tertiary/aromatic N) is 1. The predicted molar refractivity (Wildman–Crippen MR) is 125 cm³/mol. The van der Waals surface area contributed by atoms with E-state index < -0.39 is 0 Å². The summed E-state index contributed by atoms with van der Waals surface area (Å²) >= 11 is 3.22. The molecular formula is C24H22N2OS2. The Balaban J connectivity index is 1.49.